The number of halogens is 2. The monoisotopic (exact) mass is 304 g/mol. The fourth-order valence-corrected chi connectivity index (χ4v) is 1.61. The summed E-state index contributed by atoms with van der Waals surface area (Å²) >= 11 is 8.14. The Morgan fingerprint density at radius 1 is 1.42 bits per heavy atom. The molecule has 0 saturated carbocycles. The number of rotatable bonds is 5. The number of ether oxygens (including phenoxy) is 1. The van der Waals surface area contributed by atoms with Gasteiger partial charge in [0.15, 0.2) is 0 Å². The van der Waals surface area contributed by atoms with Crippen molar-refractivity contribution < 1.29 is 4.74 Å². The summed E-state index contributed by atoms with van der Waals surface area (Å²) < 4.78 is 6.79. The second-order valence-electron chi connectivity index (χ2n) is 3.78. The maximum Gasteiger partial charge on any atom is 0.0881 e. The molecule has 0 aliphatic rings. The van der Waals surface area contributed by atoms with Crippen LogP contribution in [-0.4, -0.2) is 22.0 Å². The zero-order chi connectivity index (χ0) is 9.78. The Morgan fingerprint density at radius 3 is 2.17 bits per heavy atom. The number of alkyl halides is 2. The molecule has 1 nitrogen and oxygen atoms in total. The average molecular weight is 305 g/mol. The molecule has 0 aromatic heterocycles. The maximum atomic E-state index is 5.86. The van der Waals surface area contributed by atoms with Gasteiger partial charge in [-0.3, -0.25) is 0 Å². The van der Waals surface area contributed by atoms with Gasteiger partial charge in [0.05, 0.1) is 17.6 Å². The first-order valence-electron chi connectivity index (χ1n) is 4.25. The zero-order valence-corrected chi connectivity index (χ0v) is 11.1. The average Bonchev–Trinajstić information content (AvgIpc) is 2.04. The van der Waals surface area contributed by atoms with Crippen LogP contribution in [0.4, 0.5) is 0 Å². The van der Waals surface area contributed by atoms with E-state index in [1.165, 1.54) is 0 Å². The first kappa shape index (κ1) is 13.0. The summed E-state index contributed by atoms with van der Waals surface area (Å²) in [7, 11) is 0. The van der Waals surface area contributed by atoms with Gasteiger partial charge in [-0.1, -0.05) is 36.4 Å². The van der Waals surface area contributed by atoms with E-state index in [1.807, 2.05) is 0 Å². The van der Waals surface area contributed by atoms with E-state index < -0.39 is 0 Å². The SMILES string of the molecule is CC(C)C(C)OC(C)(CCl)CI. The molecule has 0 N–H and O–H groups in total. The normalized spacial score (nSPS) is 19.2. The van der Waals surface area contributed by atoms with Crippen molar-refractivity contribution in [1.29, 1.82) is 0 Å². The Bertz CT molecular complexity index is 124. The molecule has 0 saturated heterocycles. The molecule has 2 unspecified atom stereocenters. The molecule has 0 spiro atoms. The molecular weight excluding hydrogens is 286 g/mol. The molecule has 0 amide bonds. The van der Waals surface area contributed by atoms with Gasteiger partial charge in [0.25, 0.3) is 0 Å². The molecule has 0 aliphatic heterocycles. The Kier molecular flexibility index (Phi) is 6.12. The lowest BCUT2D eigenvalue weighted by Gasteiger charge is -2.31. The van der Waals surface area contributed by atoms with Gasteiger partial charge in [0, 0.05) is 4.43 Å². The van der Waals surface area contributed by atoms with Crippen molar-refractivity contribution in [2.75, 3.05) is 10.3 Å². The lowest BCUT2D eigenvalue weighted by molar-refractivity contribution is -0.0630. The molecule has 0 aromatic carbocycles. The Morgan fingerprint density at radius 2 is 1.92 bits per heavy atom. The molecule has 0 bridgehead atoms. The van der Waals surface area contributed by atoms with Crippen LogP contribution < -0.4 is 0 Å². The van der Waals surface area contributed by atoms with Gasteiger partial charge in [-0.2, -0.15) is 0 Å². The Hall–Kier alpha value is 0.980. The van der Waals surface area contributed by atoms with Crippen molar-refractivity contribution in [3.63, 3.8) is 0 Å². The number of hydrogen-bond donors (Lipinski definition) is 0. The minimum Gasteiger partial charge on any atom is -0.370 e. The van der Waals surface area contributed by atoms with Crippen LogP contribution in [0.1, 0.15) is 27.7 Å². The minimum absolute atomic E-state index is 0.161. The van der Waals surface area contributed by atoms with Crippen LogP contribution in [0.2, 0.25) is 0 Å². The van der Waals surface area contributed by atoms with Crippen LogP contribution in [0.25, 0.3) is 0 Å². The minimum atomic E-state index is -0.161. The highest BCUT2D eigenvalue weighted by Gasteiger charge is 2.26. The van der Waals surface area contributed by atoms with Gasteiger partial charge in [0.1, 0.15) is 0 Å². The van der Waals surface area contributed by atoms with E-state index in [0.717, 1.165) is 4.43 Å². The molecule has 12 heavy (non-hydrogen) atoms. The largest absolute Gasteiger partial charge is 0.370 e. The maximum absolute atomic E-state index is 5.86. The first-order chi connectivity index (χ1) is 5.45. The summed E-state index contributed by atoms with van der Waals surface area (Å²) in [4.78, 5) is 0. The Balaban J connectivity index is 4.02. The van der Waals surface area contributed by atoms with Gasteiger partial charge >= 0.3 is 0 Å². The van der Waals surface area contributed by atoms with E-state index in [2.05, 4.69) is 50.3 Å². The van der Waals surface area contributed by atoms with Crippen molar-refractivity contribution in [2.45, 2.75) is 39.4 Å². The molecule has 3 heteroatoms. The summed E-state index contributed by atoms with van der Waals surface area (Å²) in [5.74, 6) is 1.11. The van der Waals surface area contributed by atoms with E-state index in [9.17, 15) is 0 Å². The quantitative estimate of drug-likeness (QED) is 0.558. The fourth-order valence-electron chi connectivity index (χ4n) is 0.684. The van der Waals surface area contributed by atoms with Crippen LogP contribution in [-0.2, 0) is 4.74 Å². The van der Waals surface area contributed by atoms with Gasteiger partial charge in [-0.05, 0) is 19.8 Å². The highest BCUT2D eigenvalue weighted by Crippen LogP contribution is 2.21. The topological polar surface area (TPSA) is 9.23 Å². The first-order valence-corrected chi connectivity index (χ1v) is 6.31. The zero-order valence-electron chi connectivity index (χ0n) is 8.23. The summed E-state index contributed by atoms with van der Waals surface area (Å²) in [6.45, 7) is 8.48. The molecule has 0 heterocycles. The van der Waals surface area contributed by atoms with Crippen LogP contribution in [0.5, 0.6) is 0 Å². The van der Waals surface area contributed by atoms with E-state index in [0.29, 0.717) is 11.8 Å². The second kappa shape index (κ2) is 5.66. The van der Waals surface area contributed by atoms with Gasteiger partial charge in [-0.25, -0.2) is 0 Å². The second-order valence-corrected chi connectivity index (χ2v) is 4.81. The molecular formula is C9H18ClIO. The highest BCUT2D eigenvalue weighted by molar-refractivity contribution is 14.1. The molecule has 0 aromatic rings. The number of hydrogen-bond acceptors (Lipinski definition) is 1. The van der Waals surface area contributed by atoms with E-state index in [4.69, 9.17) is 16.3 Å². The standard InChI is InChI=1S/C9H18ClIO/c1-7(2)8(3)12-9(4,5-10)6-11/h7-8H,5-6H2,1-4H3. The van der Waals surface area contributed by atoms with Crippen LogP contribution in [0, 0.1) is 5.92 Å². The van der Waals surface area contributed by atoms with Crippen molar-refractivity contribution in [3.8, 4) is 0 Å². The smallest absolute Gasteiger partial charge is 0.0881 e. The van der Waals surface area contributed by atoms with Gasteiger partial charge in [-0.15, -0.1) is 11.6 Å². The van der Waals surface area contributed by atoms with Gasteiger partial charge in [0.2, 0.25) is 0 Å². The third kappa shape index (κ3) is 4.28. The van der Waals surface area contributed by atoms with Gasteiger partial charge < -0.3 is 4.74 Å². The van der Waals surface area contributed by atoms with Crippen LogP contribution in [0.15, 0.2) is 0 Å². The van der Waals surface area contributed by atoms with Crippen molar-refractivity contribution >= 4 is 34.2 Å². The third-order valence-electron chi connectivity index (χ3n) is 1.97. The summed E-state index contributed by atoms with van der Waals surface area (Å²) in [6.07, 6.45) is 0.281. The molecule has 0 fully saturated rings. The molecule has 74 valence electrons. The predicted molar refractivity (Wildman–Crippen MR) is 63.4 cm³/mol. The lowest BCUT2D eigenvalue weighted by atomic mass is 10.1. The highest BCUT2D eigenvalue weighted by atomic mass is 127. The van der Waals surface area contributed by atoms with Crippen LogP contribution >= 0.6 is 34.2 Å². The van der Waals surface area contributed by atoms with Crippen molar-refractivity contribution in [3.05, 3.63) is 0 Å². The van der Waals surface area contributed by atoms with E-state index in [-0.39, 0.29) is 11.7 Å². The lowest BCUT2D eigenvalue weighted by Crippen LogP contribution is -2.38. The Labute approximate surface area is 94.3 Å². The summed E-state index contributed by atoms with van der Waals surface area (Å²) in [5.41, 5.74) is -0.161. The van der Waals surface area contributed by atoms with Crippen molar-refractivity contribution in [1.82, 2.24) is 0 Å². The molecule has 0 rings (SSSR count). The fraction of sp³-hybridized carbons (Fsp3) is 1.00. The summed E-state index contributed by atoms with van der Waals surface area (Å²) in [6, 6.07) is 0. The predicted octanol–water partition coefficient (Wildman–Crippen LogP) is 3.48. The molecule has 0 radical (unpaired) electrons. The summed E-state index contributed by atoms with van der Waals surface area (Å²) in [5, 5.41) is 0. The molecule has 2 atom stereocenters. The van der Waals surface area contributed by atoms with Crippen molar-refractivity contribution in [2.24, 2.45) is 5.92 Å². The molecule has 0 aliphatic carbocycles. The van der Waals surface area contributed by atoms with E-state index in [1.54, 1.807) is 0 Å². The van der Waals surface area contributed by atoms with E-state index >= 15 is 0 Å². The van der Waals surface area contributed by atoms with Crippen LogP contribution in [0.3, 0.4) is 0 Å². The third-order valence-corrected chi connectivity index (χ3v) is 4.15.